The Labute approximate surface area is 153 Å². The molecule has 2 heteroatoms. The second-order valence-corrected chi connectivity index (χ2v) is 8.02. The summed E-state index contributed by atoms with van der Waals surface area (Å²) in [6.07, 6.45) is 12.7. The molecule has 1 heterocycles. The molecule has 1 aliphatic heterocycles. The van der Waals surface area contributed by atoms with Gasteiger partial charge in [-0.1, -0.05) is 38.5 Å². The SMILES string of the molecule is CC/C=C(\CCC)N1CCC(CC(c2ccc(F)cc2)C2CC2)CC1. The van der Waals surface area contributed by atoms with Crippen molar-refractivity contribution in [2.24, 2.45) is 11.8 Å². The Kier molecular flexibility index (Phi) is 6.56. The van der Waals surface area contributed by atoms with E-state index in [0.29, 0.717) is 5.92 Å². The molecule has 1 aliphatic carbocycles. The van der Waals surface area contributed by atoms with Crippen LogP contribution < -0.4 is 0 Å². The van der Waals surface area contributed by atoms with Gasteiger partial charge in [0.2, 0.25) is 0 Å². The highest BCUT2D eigenvalue weighted by Gasteiger charge is 2.34. The normalized spacial score (nSPS) is 20.8. The molecule has 0 spiro atoms. The van der Waals surface area contributed by atoms with E-state index in [9.17, 15) is 4.39 Å². The summed E-state index contributed by atoms with van der Waals surface area (Å²) in [5.74, 6) is 2.21. The highest BCUT2D eigenvalue weighted by Crippen LogP contribution is 2.47. The standard InChI is InChI=1S/C23H34FN/c1-3-5-22(6-4-2)25-15-13-18(14-16-25)17-23(19-7-8-19)20-9-11-21(24)12-10-20/h5,9-12,18-19,23H,3-4,6-8,13-17H2,1-2H3/b22-5+. The second kappa shape index (κ2) is 8.87. The van der Waals surface area contributed by atoms with E-state index in [-0.39, 0.29) is 5.82 Å². The number of rotatable bonds is 8. The molecule has 1 saturated heterocycles. The van der Waals surface area contributed by atoms with Crippen LogP contribution in [0.3, 0.4) is 0 Å². The van der Waals surface area contributed by atoms with Crippen molar-refractivity contribution >= 4 is 0 Å². The topological polar surface area (TPSA) is 3.24 Å². The third-order valence-corrected chi connectivity index (χ3v) is 6.04. The molecule has 0 bridgehead atoms. The molecule has 3 rings (SSSR count). The number of allylic oxidation sites excluding steroid dienone is 2. The van der Waals surface area contributed by atoms with Crippen molar-refractivity contribution in [1.29, 1.82) is 0 Å². The van der Waals surface area contributed by atoms with Crippen LogP contribution in [0.1, 0.15) is 76.7 Å². The van der Waals surface area contributed by atoms with Gasteiger partial charge in [0, 0.05) is 18.8 Å². The van der Waals surface area contributed by atoms with Crippen LogP contribution in [0.4, 0.5) is 4.39 Å². The first-order valence-corrected chi connectivity index (χ1v) is 10.4. The van der Waals surface area contributed by atoms with Crippen molar-refractivity contribution in [3.05, 3.63) is 47.4 Å². The minimum Gasteiger partial charge on any atom is -0.375 e. The number of nitrogens with zero attached hydrogens (tertiary/aromatic N) is 1. The molecule has 1 aromatic carbocycles. The van der Waals surface area contributed by atoms with Crippen LogP contribution in [0.15, 0.2) is 36.0 Å². The number of hydrogen-bond acceptors (Lipinski definition) is 1. The fraction of sp³-hybridized carbons (Fsp3) is 0.652. The highest BCUT2D eigenvalue weighted by molar-refractivity contribution is 5.22. The molecule has 1 atom stereocenters. The Balaban J connectivity index is 1.57. The predicted molar refractivity (Wildman–Crippen MR) is 104 cm³/mol. The van der Waals surface area contributed by atoms with Gasteiger partial charge in [0.1, 0.15) is 5.82 Å². The number of piperidine rings is 1. The molecule has 2 fully saturated rings. The molecule has 0 N–H and O–H groups in total. The molecule has 2 aliphatic rings. The quantitative estimate of drug-likeness (QED) is 0.519. The van der Waals surface area contributed by atoms with E-state index in [1.807, 2.05) is 12.1 Å². The van der Waals surface area contributed by atoms with Gasteiger partial charge >= 0.3 is 0 Å². The zero-order valence-corrected chi connectivity index (χ0v) is 16.0. The number of benzene rings is 1. The van der Waals surface area contributed by atoms with E-state index in [0.717, 1.165) is 18.3 Å². The summed E-state index contributed by atoms with van der Waals surface area (Å²) >= 11 is 0. The molecular weight excluding hydrogens is 309 g/mol. The van der Waals surface area contributed by atoms with Crippen LogP contribution in [0, 0.1) is 17.7 Å². The van der Waals surface area contributed by atoms with Crippen LogP contribution in [0.5, 0.6) is 0 Å². The first-order valence-electron chi connectivity index (χ1n) is 10.4. The Morgan fingerprint density at radius 1 is 1.12 bits per heavy atom. The van der Waals surface area contributed by atoms with Gasteiger partial charge in [-0.15, -0.1) is 0 Å². The fourth-order valence-corrected chi connectivity index (χ4v) is 4.51. The molecule has 25 heavy (non-hydrogen) atoms. The maximum absolute atomic E-state index is 13.3. The largest absolute Gasteiger partial charge is 0.375 e. The number of halogens is 1. The van der Waals surface area contributed by atoms with Gasteiger partial charge in [0.05, 0.1) is 0 Å². The third kappa shape index (κ3) is 5.09. The van der Waals surface area contributed by atoms with Crippen LogP contribution >= 0.6 is 0 Å². The monoisotopic (exact) mass is 343 g/mol. The lowest BCUT2D eigenvalue weighted by atomic mass is 9.81. The predicted octanol–water partition coefficient (Wildman–Crippen LogP) is 6.52. The van der Waals surface area contributed by atoms with Gasteiger partial charge in [-0.05, 0) is 80.4 Å². The van der Waals surface area contributed by atoms with Crippen molar-refractivity contribution in [1.82, 2.24) is 4.90 Å². The van der Waals surface area contributed by atoms with E-state index in [1.165, 1.54) is 63.6 Å². The third-order valence-electron chi connectivity index (χ3n) is 6.04. The summed E-state index contributed by atoms with van der Waals surface area (Å²) in [6, 6.07) is 7.33. The van der Waals surface area contributed by atoms with E-state index in [4.69, 9.17) is 0 Å². The molecule has 138 valence electrons. The van der Waals surface area contributed by atoms with Crippen LogP contribution in [-0.4, -0.2) is 18.0 Å². The lowest BCUT2D eigenvalue weighted by Crippen LogP contribution is -2.33. The van der Waals surface area contributed by atoms with Crippen LogP contribution in [-0.2, 0) is 0 Å². The summed E-state index contributed by atoms with van der Waals surface area (Å²) < 4.78 is 13.3. The van der Waals surface area contributed by atoms with Gasteiger partial charge in [-0.25, -0.2) is 4.39 Å². The summed E-state index contributed by atoms with van der Waals surface area (Å²) in [5, 5.41) is 0. The van der Waals surface area contributed by atoms with E-state index >= 15 is 0 Å². The van der Waals surface area contributed by atoms with E-state index < -0.39 is 0 Å². The lowest BCUT2D eigenvalue weighted by molar-refractivity contribution is 0.203. The summed E-state index contributed by atoms with van der Waals surface area (Å²) in [6.45, 7) is 6.96. The average molecular weight is 344 g/mol. The van der Waals surface area contributed by atoms with E-state index in [1.54, 1.807) is 17.8 Å². The van der Waals surface area contributed by atoms with Crippen LogP contribution in [0.2, 0.25) is 0 Å². The van der Waals surface area contributed by atoms with Gasteiger partial charge in [0.25, 0.3) is 0 Å². The first-order chi connectivity index (χ1) is 12.2. The molecule has 1 unspecified atom stereocenters. The zero-order valence-electron chi connectivity index (χ0n) is 16.0. The molecule has 0 radical (unpaired) electrons. The Hall–Kier alpha value is -1.31. The Morgan fingerprint density at radius 3 is 2.36 bits per heavy atom. The van der Waals surface area contributed by atoms with Crippen molar-refractivity contribution in [2.75, 3.05) is 13.1 Å². The number of hydrogen-bond donors (Lipinski definition) is 0. The minimum absolute atomic E-state index is 0.113. The lowest BCUT2D eigenvalue weighted by Gasteiger charge is -2.36. The maximum Gasteiger partial charge on any atom is 0.123 e. The summed E-state index contributed by atoms with van der Waals surface area (Å²) in [7, 11) is 0. The van der Waals surface area contributed by atoms with Crippen molar-refractivity contribution in [2.45, 2.75) is 71.1 Å². The van der Waals surface area contributed by atoms with Gasteiger partial charge < -0.3 is 4.90 Å². The van der Waals surface area contributed by atoms with Crippen LogP contribution in [0.25, 0.3) is 0 Å². The maximum atomic E-state index is 13.3. The summed E-state index contributed by atoms with van der Waals surface area (Å²) in [4.78, 5) is 2.63. The summed E-state index contributed by atoms with van der Waals surface area (Å²) in [5.41, 5.74) is 2.93. The zero-order chi connectivity index (χ0) is 17.6. The van der Waals surface area contributed by atoms with Gasteiger partial charge in [0.15, 0.2) is 0 Å². The highest BCUT2D eigenvalue weighted by atomic mass is 19.1. The molecular formula is C23H34FN. The molecule has 0 aromatic heterocycles. The second-order valence-electron chi connectivity index (χ2n) is 8.02. The van der Waals surface area contributed by atoms with Gasteiger partial charge in [-0.2, -0.15) is 0 Å². The average Bonchev–Trinajstić information content (AvgIpc) is 3.46. The molecule has 0 amide bonds. The Morgan fingerprint density at radius 2 is 1.80 bits per heavy atom. The fourth-order valence-electron chi connectivity index (χ4n) is 4.51. The minimum atomic E-state index is -0.113. The van der Waals surface area contributed by atoms with Crippen molar-refractivity contribution in [3.63, 3.8) is 0 Å². The Bertz CT molecular complexity index is 550. The van der Waals surface area contributed by atoms with Crippen molar-refractivity contribution in [3.8, 4) is 0 Å². The molecule has 1 saturated carbocycles. The first kappa shape index (κ1) is 18.5. The smallest absolute Gasteiger partial charge is 0.123 e. The molecule has 1 aromatic rings. The van der Waals surface area contributed by atoms with Gasteiger partial charge in [-0.3, -0.25) is 0 Å². The van der Waals surface area contributed by atoms with Crippen molar-refractivity contribution < 1.29 is 4.39 Å². The van der Waals surface area contributed by atoms with E-state index in [2.05, 4.69) is 24.8 Å². The molecule has 1 nitrogen and oxygen atoms in total. The number of likely N-dealkylation sites (tertiary alicyclic amines) is 1.